The van der Waals surface area contributed by atoms with Crippen LogP contribution in [0.5, 0.6) is 0 Å². The van der Waals surface area contributed by atoms with E-state index in [-0.39, 0.29) is 17.7 Å². The third-order valence-electron chi connectivity index (χ3n) is 4.05. The number of nitrogens with one attached hydrogen (secondary N) is 1. The number of thiazole rings is 1. The molecule has 2 aromatic rings. The Morgan fingerprint density at radius 2 is 2.12 bits per heavy atom. The summed E-state index contributed by atoms with van der Waals surface area (Å²) >= 11 is 1.46. The van der Waals surface area contributed by atoms with Gasteiger partial charge in [-0.2, -0.15) is 0 Å². The molecule has 7 nitrogen and oxygen atoms in total. The monoisotopic (exact) mass is 364 g/mol. The molecular weight excluding hydrogens is 340 g/mol. The zero-order valence-corrected chi connectivity index (χ0v) is 15.6. The minimum absolute atomic E-state index is 0.0391. The Kier molecular flexibility index (Phi) is 5.10. The lowest BCUT2D eigenvalue weighted by Gasteiger charge is -2.32. The van der Waals surface area contributed by atoms with E-state index in [9.17, 15) is 9.59 Å². The number of piperidine rings is 1. The highest BCUT2D eigenvalue weighted by atomic mass is 32.1. The molecule has 0 atom stereocenters. The summed E-state index contributed by atoms with van der Waals surface area (Å²) in [5, 5.41) is 4.80. The summed E-state index contributed by atoms with van der Waals surface area (Å²) in [6, 6.07) is 1.73. The minimum atomic E-state index is -0.481. The van der Waals surface area contributed by atoms with Crippen molar-refractivity contribution in [2.45, 2.75) is 51.8 Å². The normalized spacial score (nSPS) is 16.9. The molecule has 8 heteroatoms. The summed E-state index contributed by atoms with van der Waals surface area (Å²) in [6.07, 6.45) is 3.11. The lowest BCUT2D eigenvalue weighted by atomic mass is 10.1. The maximum atomic E-state index is 12.0. The molecule has 0 radical (unpaired) electrons. The first kappa shape index (κ1) is 17.9. The average molecular weight is 364 g/mol. The number of likely N-dealkylation sites (tertiary alicyclic amines) is 1. The molecule has 0 saturated carbocycles. The number of carbonyl (C=O) groups is 1. The molecule has 0 aliphatic carbocycles. The molecule has 1 saturated heterocycles. The van der Waals surface area contributed by atoms with E-state index < -0.39 is 5.60 Å². The zero-order valence-electron chi connectivity index (χ0n) is 14.8. The number of fused-ring (bicyclic) bond motifs is 1. The average Bonchev–Trinajstić information content (AvgIpc) is 2.96. The number of nitrogens with zero attached hydrogens (tertiary/aromatic N) is 3. The van der Waals surface area contributed by atoms with E-state index in [1.165, 1.54) is 11.3 Å². The van der Waals surface area contributed by atoms with Gasteiger partial charge in [-0.05, 0) is 33.6 Å². The second-order valence-corrected chi connectivity index (χ2v) is 8.21. The molecule has 0 unspecified atom stereocenters. The van der Waals surface area contributed by atoms with Gasteiger partial charge in [-0.15, -0.1) is 11.3 Å². The highest BCUT2D eigenvalue weighted by Crippen LogP contribution is 2.15. The summed E-state index contributed by atoms with van der Waals surface area (Å²) < 4.78 is 6.86. The Morgan fingerprint density at radius 3 is 2.80 bits per heavy atom. The van der Waals surface area contributed by atoms with Crippen molar-refractivity contribution in [3.63, 3.8) is 0 Å². The van der Waals surface area contributed by atoms with E-state index >= 15 is 0 Å². The predicted octanol–water partition coefficient (Wildman–Crippen LogP) is 2.25. The number of rotatable bonds is 3. The summed E-state index contributed by atoms with van der Waals surface area (Å²) in [5.74, 6) is 0. The molecule has 0 aromatic carbocycles. The second kappa shape index (κ2) is 7.13. The summed E-state index contributed by atoms with van der Waals surface area (Å²) in [5.41, 5.74) is 0.277. The van der Waals surface area contributed by atoms with Crippen molar-refractivity contribution >= 4 is 22.4 Å². The Bertz CT molecular complexity index is 800. The molecule has 136 valence electrons. The van der Waals surface area contributed by atoms with Crippen molar-refractivity contribution in [2.75, 3.05) is 13.1 Å². The van der Waals surface area contributed by atoms with E-state index in [1.807, 2.05) is 26.2 Å². The summed E-state index contributed by atoms with van der Waals surface area (Å²) in [6.45, 7) is 7.93. The third kappa shape index (κ3) is 4.79. The molecule has 0 bridgehead atoms. The fraction of sp³-hybridized carbons (Fsp3) is 0.588. The fourth-order valence-electron chi connectivity index (χ4n) is 2.91. The first-order chi connectivity index (χ1) is 11.8. The number of ether oxygens (including phenoxy) is 1. The summed E-state index contributed by atoms with van der Waals surface area (Å²) in [4.78, 5) is 31.4. The Morgan fingerprint density at radius 1 is 1.40 bits per heavy atom. The fourth-order valence-corrected chi connectivity index (χ4v) is 3.65. The molecule has 1 N–H and O–H groups in total. The van der Waals surface area contributed by atoms with Gasteiger partial charge in [0.1, 0.15) is 5.60 Å². The van der Waals surface area contributed by atoms with Crippen LogP contribution in [0.4, 0.5) is 4.79 Å². The number of carbonyl (C=O) groups excluding carboxylic acids is 1. The van der Waals surface area contributed by atoms with Crippen LogP contribution in [0.3, 0.4) is 0 Å². The van der Waals surface area contributed by atoms with Crippen LogP contribution in [0.2, 0.25) is 0 Å². The smallest absolute Gasteiger partial charge is 0.407 e. The molecule has 3 heterocycles. The van der Waals surface area contributed by atoms with Crippen LogP contribution in [0.15, 0.2) is 22.4 Å². The van der Waals surface area contributed by atoms with Crippen molar-refractivity contribution < 1.29 is 9.53 Å². The Balaban J connectivity index is 1.52. The van der Waals surface area contributed by atoms with Gasteiger partial charge in [-0.3, -0.25) is 14.1 Å². The van der Waals surface area contributed by atoms with E-state index in [0.717, 1.165) is 36.6 Å². The van der Waals surface area contributed by atoms with Gasteiger partial charge in [-0.25, -0.2) is 9.78 Å². The van der Waals surface area contributed by atoms with Crippen LogP contribution in [0.25, 0.3) is 4.96 Å². The van der Waals surface area contributed by atoms with E-state index in [1.54, 1.807) is 16.7 Å². The van der Waals surface area contributed by atoms with Gasteiger partial charge < -0.3 is 10.1 Å². The minimum Gasteiger partial charge on any atom is -0.444 e. The van der Waals surface area contributed by atoms with Gasteiger partial charge in [0.25, 0.3) is 5.56 Å². The van der Waals surface area contributed by atoms with E-state index in [2.05, 4.69) is 15.2 Å². The van der Waals surface area contributed by atoms with E-state index in [4.69, 9.17) is 4.74 Å². The van der Waals surface area contributed by atoms with E-state index in [0.29, 0.717) is 6.54 Å². The van der Waals surface area contributed by atoms with Gasteiger partial charge in [0, 0.05) is 43.3 Å². The number of amides is 1. The van der Waals surface area contributed by atoms with Gasteiger partial charge in [0.05, 0.1) is 5.69 Å². The Hall–Kier alpha value is -1.93. The van der Waals surface area contributed by atoms with Crippen molar-refractivity contribution in [1.29, 1.82) is 0 Å². The van der Waals surface area contributed by atoms with Crippen LogP contribution in [0.1, 0.15) is 39.3 Å². The Labute approximate surface area is 150 Å². The van der Waals surface area contributed by atoms with Gasteiger partial charge in [-0.1, -0.05) is 0 Å². The molecule has 1 amide bonds. The number of hydrogen-bond acceptors (Lipinski definition) is 6. The van der Waals surface area contributed by atoms with Crippen molar-refractivity contribution in [3.05, 3.63) is 33.7 Å². The summed E-state index contributed by atoms with van der Waals surface area (Å²) in [7, 11) is 0. The molecule has 1 fully saturated rings. The van der Waals surface area contributed by atoms with Crippen molar-refractivity contribution in [1.82, 2.24) is 19.6 Å². The van der Waals surface area contributed by atoms with Crippen LogP contribution < -0.4 is 10.9 Å². The quantitative estimate of drug-likeness (QED) is 0.904. The van der Waals surface area contributed by atoms with Crippen LogP contribution in [-0.4, -0.2) is 45.1 Å². The molecule has 3 rings (SSSR count). The molecule has 1 aliphatic heterocycles. The first-order valence-corrected chi connectivity index (χ1v) is 9.36. The van der Waals surface area contributed by atoms with Gasteiger partial charge in [0.15, 0.2) is 4.96 Å². The number of alkyl carbamates (subject to hydrolysis) is 1. The van der Waals surface area contributed by atoms with Gasteiger partial charge >= 0.3 is 6.09 Å². The first-order valence-electron chi connectivity index (χ1n) is 8.48. The molecule has 2 aromatic heterocycles. The number of hydrogen-bond donors (Lipinski definition) is 1. The number of aromatic nitrogens is 2. The second-order valence-electron chi connectivity index (χ2n) is 7.34. The van der Waals surface area contributed by atoms with Crippen molar-refractivity contribution in [2.24, 2.45) is 0 Å². The standard InChI is InChI=1S/C17H24N4O3S/c1-17(2,3)24-16(23)19-12-4-6-20(7-5-12)11-13-10-14(22)21-8-9-25-15(21)18-13/h8-10,12H,4-7,11H2,1-3H3,(H,19,23). The lowest BCUT2D eigenvalue weighted by molar-refractivity contribution is 0.0477. The van der Waals surface area contributed by atoms with Crippen LogP contribution in [-0.2, 0) is 11.3 Å². The van der Waals surface area contributed by atoms with Crippen LogP contribution >= 0.6 is 11.3 Å². The highest BCUT2D eigenvalue weighted by Gasteiger charge is 2.24. The highest BCUT2D eigenvalue weighted by molar-refractivity contribution is 7.15. The molecule has 0 spiro atoms. The maximum Gasteiger partial charge on any atom is 0.407 e. The van der Waals surface area contributed by atoms with Gasteiger partial charge in [0.2, 0.25) is 0 Å². The third-order valence-corrected chi connectivity index (χ3v) is 4.81. The SMILES string of the molecule is CC(C)(C)OC(=O)NC1CCN(Cc2cc(=O)n3ccsc3n2)CC1. The molecular formula is C17H24N4O3S. The largest absolute Gasteiger partial charge is 0.444 e. The molecule has 1 aliphatic rings. The lowest BCUT2D eigenvalue weighted by Crippen LogP contribution is -2.46. The zero-order chi connectivity index (χ0) is 18.0. The predicted molar refractivity (Wildman–Crippen MR) is 97.0 cm³/mol. The van der Waals surface area contributed by atoms with Crippen molar-refractivity contribution in [3.8, 4) is 0 Å². The maximum absolute atomic E-state index is 12.0. The van der Waals surface area contributed by atoms with Crippen LogP contribution in [0, 0.1) is 0 Å². The molecule has 25 heavy (non-hydrogen) atoms. The topological polar surface area (TPSA) is 75.9 Å².